The van der Waals surface area contributed by atoms with Crippen molar-refractivity contribution < 1.29 is 8.42 Å². The molecule has 0 aliphatic carbocycles. The molecule has 16 heavy (non-hydrogen) atoms. The van der Waals surface area contributed by atoms with Gasteiger partial charge in [0.25, 0.3) is 0 Å². The fourth-order valence-corrected chi connectivity index (χ4v) is 2.78. The van der Waals surface area contributed by atoms with Crippen molar-refractivity contribution in [3.63, 3.8) is 0 Å². The SMILES string of the molecule is Cc1cnc(N2CCS(=O)(=O)CC2)nc1C. The summed E-state index contributed by atoms with van der Waals surface area (Å²) in [7, 11) is -2.84. The molecule has 5 nitrogen and oxygen atoms in total. The maximum Gasteiger partial charge on any atom is 0.225 e. The van der Waals surface area contributed by atoms with E-state index < -0.39 is 9.84 Å². The molecule has 1 aromatic rings. The van der Waals surface area contributed by atoms with Gasteiger partial charge in [-0.1, -0.05) is 0 Å². The highest BCUT2D eigenvalue weighted by molar-refractivity contribution is 7.91. The predicted molar refractivity (Wildman–Crippen MR) is 62.4 cm³/mol. The van der Waals surface area contributed by atoms with Gasteiger partial charge in [0.1, 0.15) is 0 Å². The standard InChI is InChI=1S/C10H15N3O2S/c1-8-7-11-10(12-9(8)2)13-3-5-16(14,15)6-4-13/h7H,3-6H2,1-2H3. The van der Waals surface area contributed by atoms with Gasteiger partial charge in [-0.25, -0.2) is 18.4 Å². The lowest BCUT2D eigenvalue weighted by Crippen LogP contribution is -2.41. The van der Waals surface area contributed by atoms with E-state index >= 15 is 0 Å². The zero-order chi connectivity index (χ0) is 11.8. The second-order valence-corrected chi connectivity index (χ2v) is 6.38. The highest BCUT2D eigenvalue weighted by atomic mass is 32.2. The minimum Gasteiger partial charge on any atom is -0.339 e. The first-order valence-electron chi connectivity index (χ1n) is 5.23. The third-order valence-electron chi connectivity index (χ3n) is 2.84. The molecule has 1 saturated heterocycles. The van der Waals surface area contributed by atoms with E-state index in [-0.39, 0.29) is 11.5 Å². The van der Waals surface area contributed by atoms with Gasteiger partial charge in [-0.2, -0.15) is 0 Å². The molecule has 0 aromatic carbocycles. The molecule has 0 spiro atoms. The second-order valence-electron chi connectivity index (χ2n) is 4.08. The number of anilines is 1. The lowest BCUT2D eigenvalue weighted by Gasteiger charge is -2.26. The Bertz CT molecular complexity index is 485. The van der Waals surface area contributed by atoms with Gasteiger partial charge < -0.3 is 4.90 Å². The van der Waals surface area contributed by atoms with Gasteiger partial charge in [0.2, 0.25) is 5.95 Å². The van der Waals surface area contributed by atoms with Crippen LogP contribution >= 0.6 is 0 Å². The van der Waals surface area contributed by atoms with Crippen LogP contribution in [0.15, 0.2) is 6.20 Å². The van der Waals surface area contributed by atoms with Crippen LogP contribution in [0, 0.1) is 13.8 Å². The molecule has 0 atom stereocenters. The molecule has 6 heteroatoms. The number of hydrogen-bond donors (Lipinski definition) is 0. The Labute approximate surface area is 95.4 Å². The Morgan fingerprint density at radius 3 is 2.44 bits per heavy atom. The van der Waals surface area contributed by atoms with Crippen molar-refractivity contribution in [2.24, 2.45) is 0 Å². The summed E-state index contributed by atoms with van der Waals surface area (Å²) in [5.74, 6) is 1.03. The maximum absolute atomic E-state index is 11.3. The smallest absolute Gasteiger partial charge is 0.225 e. The van der Waals surface area contributed by atoms with E-state index in [1.54, 1.807) is 6.20 Å². The molecule has 1 aliphatic heterocycles. The Balaban J connectivity index is 2.17. The van der Waals surface area contributed by atoms with E-state index in [0.29, 0.717) is 19.0 Å². The Morgan fingerprint density at radius 2 is 1.88 bits per heavy atom. The topological polar surface area (TPSA) is 63.2 Å². The fourth-order valence-electron chi connectivity index (χ4n) is 1.58. The van der Waals surface area contributed by atoms with E-state index in [9.17, 15) is 8.42 Å². The van der Waals surface area contributed by atoms with E-state index in [1.807, 2.05) is 18.7 Å². The molecular weight excluding hydrogens is 226 g/mol. The summed E-state index contributed by atoms with van der Waals surface area (Å²) in [5.41, 5.74) is 1.99. The Hall–Kier alpha value is -1.17. The molecule has 0 amide bonds. The van der Waals surface area contributed by atoms with Gasteiger partial charge in [0.15, 0.2) is 9.84 Å². The fraction of sp³-hybridized carbons (Fsp3) is 0.600. The first-order chi connectivity index (χ1) is 7.48. The van der Waals surface area contributed by atoms with Crippen LogP contribution in [-0.2, 0) is 9.84 Å². The molecule has 2 rings (SSSR count). The number of hydrogen-bond acceptors (Lipinski definition) is 5. The average Bonchev–Trinajstić information content (AvgIpc) is 2.22. The van der Waals surface area contributed by atoms with Crippen molar-refractivity contribution >= 4 is 15.8 Å². The number of sulfone groups is 1. The van der Waals surface area contributed by atoms with Crippen LogP contribution in [0.1, 0.15) is 11.3 Å². The summed E-state index contributed by atoms with van der Waals surface area (Å²) in [6, 6.07) is 0. The number of aryl methyl sites for hydroxylation is 2. The number of nitrogens with zero attached hydrogens (tertiary/aromatic N) is 3. The van der Waals surface area contributed by atoms with E-state index in [1.165, 1.54) is 0 Å². The number of aromatic nitrogens is 2. The minimum atomic E-state index is -2.84. The van der Waals surface area contributed by atoms with Crippen molar-refractivity contribution in [3.8, 4) is 0 Å². The molecule has 2 heterocycles. The van der Waals surface area contributed by atoms with Crippen LogP contribution in [0.25, 0.3) is 0 Å². The van der Waals surface area contributed by atoms with E-state index in [4.69, 9.17) is 0 Å². The summed E-state index contributed by atoms with van der Waals surface area (Å²) in [6.45, 7) is 4.87. The van der Waals surface area contributed by atoms with Crippen molar-refractivity contribution in [3.05, 3.63) is 17.5 Å². The van der Waals surface area contributed by atoms with Crippen molar-refractivity contribution in [1.82, 2.24) is 9.97 Å². The third-order valence-corrected chi connectivity index (χ3v) is 4.45. The average molecular weight is 241 g/mol. The summed E-state index contributed by atoms with van der Waals surface area (Å²) in [4.78, 5) is 10.5. The largest absolute Gasteiger partial charge is 0.339 e. The van der Waals surface area contributed by atoms with Crippen LogP contribution in [0.5, 0.6) is 0 Å². The lowest BCUT2D eigenvalue weighted by atomic mass is 10.3. The first kappa shape index (κ1) is 11.3. The van der Waals surface area contributed by atoms with E-state index in [0.717, 1.165) is 11.3 Å². The highest BCUT2D eigenvalue weighted by Crippen LogP contribution is 2.13. The third kappa shape index (κ3) is 2.32. The molecule has 1 aliphatic rings. The second kappa shape index (κ2) is 4.01. The minimum absolute atomic E-state index is 0.198. The lowest BCUT2D eigenvalue weighted by molar-refractivity contribution is 0.585. The first-order valence-corrected chi connectivity index (χ1v) is 7.06. The van der Waals surface area contributed by atoms with Crippen molar-refractivity contribution in [2.75, 3.05) is 29.5 Å². The molecule has 0 unspecified atom stereocenters. The monoisotopic (exact) mass is 241 g/mol. The molecular formula is C10H15N3O2S. The van der Waals surface area contributed by atoms with Crippen LogP contribution in [0.4, 0.5) is 5.95 Å². The van der Waals surface area contributed by atoms with Crippen LogP contribution in [0.3, 0.4) is 0 Å². The Kier molecular flexibility index (Phi) is 2.84. The molecule has 0 saturated carbocycles. The molecule has 88 valence electrons. The van der Waals surface area contributed by atoms with Crippen LogP contribution in [-0.4, -0.2) is 43.0 Å². The van der Waals surface area contributed by atoms with Crippen LogP contribution in [0.2, 0.25) is 0 Å². The zero-order valence-corrected chi connectivity index (χ0v) is 10.3. The normalized spacial score (nSPS) is 19.8. The van der Waals surface area contributed by atoms with Crippen molar-refractivity contribution in [1.29, 1.82) is 0 Å². The predicted octanol–water partition coefficient (Wildman–Crippen LogP) is 0.328. The summed E-state index contributed by atoms with van der Waals surface area (Å²) < 4.78 is 22.6. The maximum atomic E-state index is 11.3. The van der Waals surface area contributed by atoms with Gasteiger partial charge in [0, 0.05) is 25.0 Å². The van der Waals surface area contributed by atoms with Gasteiger partial charge >= 0.3 is 0 Å². The molecule has 0 bridgehead atoms. The molecule has 1 aromatic heterocycles. The summed E-state index contributed by atoms with van der Waals surface area (Å²) in [5, 5.41) is 0. The van der Waals surface area contributed by atoms with Gasteiger partial charge in [0.05, 0.1) is 11.5 Å². The molecule has 1 fully saturated rings. The molecule has 0 N–H and O–H groups in total. The van der Waals surface area contributed by atoms with Crippen molar-refractivity contribution in [2.45, 2.75) is 13.8 Å². The molecule has 0 radical (unpaired) electrons. The summed E-state index contributed by atoms with van der Waals surface area (Å²) in [6.07, 6.45) is 1.78. The summed E-state index contributed by atoms with van der Waals surface area (Å²) >= 11 is 0. The number of rotatable bonds is 1. The van der Waals surface area contributed by atoms with Gasteiger partial charge in [-0.05, 0) is 19.4 Å². The van der Waals surface area contributed by atoms with Gasteiger partial charge in [-0.3, -0.25) is 0 Å². The van der Waals surface area contributed by atoms with Crippen LogP contribution < -0.4 is 4.90 Å². The van der Waals surface area contributed by atoms with Gasteiger partial charge in [-0.15, -0.1) is 0 Å². The zero-order valence-electron chi connectivity index (χ0n) is 9.47. The Morgan fingerprint density at radius 1 is 1.25 bits per heavy atom. The quantitative estimate of drug-likeness (QED) is 0.709. The highest BCUT2D eigenvalue weighted by Gasteiger charge is 2.23. The van der Waals surface area contributed by atoms with E-state index in [2.05, 4.69) is 9.97 Å².